The van der Waals surface area contributed by atoms with Gasteiger partial charge >= 0.3 is 0 Å². The van der Waals surface area contributed by atoms with Crippen molar-refractivity contribution in [3.05, 3.63) is 66.4 Å². The summed E-state index contributed by atoms with van der Waals surface area (Å²) in [7, 11) is 0. The van der Waals surface area contributed by atoms with Crippen LogP contribution in [-0.4, -0.2) is 4.98 Å². The number of pyridine rings is 1. The van der Waals surface area contributed by atoms with E-state index >= 15 is 0 Å². The number of hydrogen-bond acceptors (Lipinski definition) is 1. The van der Waals surface area contributed by atoms with Crippen molar-refractivity contribution in [2.24, 2.45) is 11.8 Å². The molecule has 1 aliphatic carbocycles. The van der Waals surface area contributed by atoms with Crippen LogP contribution in [0.25, 0.3) is 11.3 Å². The van der Waals surface area contributed by atoms with Gasteiger partial charge in [-0.1, -0.05) is 75.9 Å². The maximum atomic E-state index is 4.62. The summed E-state index contributed by atoms with van der Waals surface area (Å²) < 4.78 is 0. The number of aromatic nitrogens is 1. The predicted molar refractivity (Wildman–Crippen MR) is 117 cm³/mol. The van der Waals surface area contributed by atoms with Gasteiger partial charge in [-0.25, -0.2) is 0 Å². The standard InChI is InChI=1S/C26H35N/c1-4-6-7-9-22-11-16-25(18-20(22)3)23-12-14-24(15-13-23)26-17-10-21(8-5-2)19-27-26/h5,10,12-15,17,19-20,22,25H,2,4,6-9,11,16,18H2,1,3H3/t20-,22-,25-/m0/s1. The van der Waals surface area contributed by atoms with Crippen molar-refractivity contribution in [1.29, 1.82) is 0 Å². The zero-order chi connectivity index (χ0) is 19.1. The molecule has 1 nitrogen and oxygen atoms in total. The molecule has 3 rings (SSSR count). The number of unbranched alkanes of at least 4 members (excludes halogenated alkanes) is 2. The van der Waals surface area contributed by atoms with Gasteiger partial charge in [-0.15, -0.1) is 6.58 Å². The number of benzene rings is 1. The molecule has 1 aromatic carbocycles. The molecule has 0 amide bonds. The summed E-state index contributed by atoms with van der Waals surface area (Å²) in [6.45, 7) is 8.57. The highest BCUT2D eigenvalue weighted by Crippen LogP contribution is 2.41. The van der Waals surface area contributed by atoms with Gasteiger partial charge in [0.15, 0.2) is 0 Å². The fraction of sp³-hybridized carbons (Fsp3) is 0.500. The van der Waals surface area contributed by atoms with Crippen LogP contribution in [0.1, 0.15) is 75.8 Å². The summed E-state index contributed by atoms with van der Waals surface area (Å²) in [6, 6.07) is 13.5. The number of rotatable bonds is 8. The summed E-state index contributed by atoms with van der Waals surface area (Å²) in [5.74, 6) is 2.55. The minimum absolute atomic E-state index is 0.736. The molecule has 1 aliphatic rings. The van der Waals surface area contributed by atoms with Gasteiger partial charge < -0.3 is 0 Å². The number of allylic oxidation sites excluding steroid dienone is 1. The van der Waals surface area contributed by atoms with Crippen molar-refractivity contribution in [2.45, 2.75) is 71.1 Å². The molecule has 1 fully saturated rings. The van der Waals surface area contributed by atoms with E-state index in [1.54, 1.807) is 0 Å². The van der Waals surface area contributed by atoms with E-state index in [2.05, 4.69) is 61.8 Å². The Balaban J connectivity index is 1.60. The molecule has 1 saturated carbocycles. The van der Waals surface area contributed by atoms with Gasteiger partial charge in [0.2, 0.25) is 0 Å². The first kappa shape index (κ1) is 19.9. The molecule has 1 aromatic heterocycles. The Bertz CT molecular complexity index is 698. The van der Waals surface area contributed by atoms with Gasteiger partial charge in [-0.2, -0.15) is 0 Å². The monoisotopic (exact) mass is 361 g/mol. The molecule has 0 bridgehead atoms. The highest BCUT2D eigenvalue weighted by atomic mass is 14.7. The molecule has 1 heteroatoms. The first-order valence-electron chi connectivity index (χ1n) is 10.9. The lowest BCUT2D eigenvalue weighted by Crippen LogP contribution is -2.22. The van der Waals surface area contributed by atoms with Crippen LogP contribution in [0.15, 0.2) is 55.3 Å². The number of nitrogens with zero attached hydrogens (tertiary/aromatic N) is 1. The van der Waals surface area contributed by atoms with Crippen LogP contribution < -0.4 is 0 Å². The van der Waals surface area contributed by atoms with Crippen LogP contribution >= 0.6 is 0 Å². The second-order valence-corrected chi connectivity index (χ2v) is 8.41. The average Bonchev–Trinajstić information content (AvgIpc) is 2.70. The lowest BCUT2D eigenvalue weighted by Gasteiger charge is -2.34. The maximum Gasteiger partial charge on any atom is 0.0702 e. The minimum Gasteiger partial charge on any atom is -0.256 e. The molecule has 3 atom stereocenters. The SMILES string of the molecule is C=CCc1ccc(-c2ccc([C@H]3CC[C@H](CCCCC)[C@@H](C)C3)cc2)nc1. The minimum atomic E-state index is 0.736. The van der Waals surface area contributed by atoms with E-state index < -0.39 is 0 Å². The Hall–Kier alpha value is -1.89. The van der Waals surface area contributed by atoms with Crippen LogP contribution in [-0.2, 0) is 6.42 Å². The second-order valence-electron chi connectivity index (χ2n) is 8.41. The smallest absolute Gasteiger partial charge is 0.0702 e. The van der Waals surface area contributed by atoms with E-state index in [1.807, 2.05) is 12.3 Å². The van der Waals surface area contributed by atoms with Gasteiger partial charge in [-0.05, 0) is 60.6 Å². The summed E-state index contributed by atoms with van der Waals surface area (Å²) in [5, 5.41) is 0. The van der Waals surface area contributed by atoms with E-state index in [0.29, 0.717) is 0 Å². The van der Waals surface area contributed by atoms with E-state index in [9.17, 15) is 0 Å². The van der Waals surface area contributed by atoms with E-state index in [4.69, 9.17) is 0 Å². The third kappa shape index (κ3) is 5.31. The number of hydrogen-bond donors (Lipinski definition) is 0. The maximum absolute atomic E-state index is 4.62. The fourth-order valence-electron chi connectivity index (χ4n) is 4.66. The highest BCUT2D eigenvalue weighted by molar-refractivity contribution is 5.59. The predicted octanol–water partition coefficient (Wildman–Crippen LogP) is 7.58. The molecule has 0 aliphatic heterocycles. The Morgan fingerprint density at radius 3 is 2.52 bits per heavy atom. The van der Waals surface area contributed by atoms with E-state index in [1.165, 1.54) is 61.6 Å². The Morgan fingerprint density at radius 1 is 1.07 bits per heavy atom. The van der Waals surface area contributed by atoms with Crippen molar-refractivity contribution in [3.63, 3.8) is 0 Å². The van der Waals surface area contributed by atoms with E-state index in [-0.39, 0.29) is 0 Å². The first-order valence-corrected chi connectivity index (χ1v) is 10.9. The lowest BCUT2D eigenvalue weighted by molar-refractivity contribution is 0.215. The van der Waals surface area contributed by atoms with Gasteiger partial charge in [0.05, 0.1) is 5.69 Å². The topological polar surface area (TPSA) is 12.9 Å². The third-order valence-electron chi connectivity index (χ3n) is 6.41. The molecule has 0 radical (unpaired) electrons. The van der Waals surface area contributed by atoms with Gasteiger partial charge in [-0.3, -0.25) is 4.98 Å². The van der Waals surface area contributed by atoms with Crippen molar-refractivity contribution in [3.8, 4) is 11.3 Å². The molecule has 0 unspecified atom stereocenters. The zero-order valence-electron chi connectivity index (χ0n) is 17.2. The molecule has 0 saturated heterocycles. The average molecular weight is 362 g/mol. The Labute approximate surface area is 165 Å². The fourth-order valence-corrected chi connectivity index (χ4v) is 4.66. The van der Waals surface area contributed by atoms with E-state index in [0.717, 1.165) is 29.9 Å². The van der Waals surface area contributed by atoms with Crippen molar-refractivity contribution >= 4 is 0 Å². The van der Waals surface area contributed by atoms with Crippen LogP contribution in [0.3, 0.4) is 0 Å². The Kier molecular flexibility index (Phi) is 7.26. The molecule has 1 heterocycles. The van der Waals surface area contributed by atoms with Crippen LogP contribution in [0.2, 0.25) is 0 Å². The van der Waals surface area contributed by atoms with Crippen LogP contribution in [0, 0.1) is 11.8 Å². The first-order chi connectivity index (χ1) is 13.2. The summed E-state index contributed by atoms with van der Waals surface area (Å²) in [6.07, 6.45) is 14.5. The van der Waals surface area contributed by atoms with Crippen LogP contribution in [0.4, 0.5) is 0 Å². The normalized spacial score (nSPS) is 22.5. The van der Waals surface area contributed by atoms with Gasteiger partial charge in [0, 0.05) is 11.8 Å². The molecular formula is C26H35N. The summed E-state index contributed by atoms with van der Waals surface area (Å²) in [5.41, 5.74) is 5.00. The zero-order valence-corrected chi connectivity index (χ0v) is 17.2. The summed E-state index contributed by atoms with van der Waals surface area (Å²) >= 11 is 0. The van der Waals surface area contributed by atoms with Crippen molar-refractivity contribution in [1.82, 2.24) is 4.98 Å². The quantitative estimate of drug-likeness (QED) is 0.349. The second kappa shape index (κ2) is 9.88. The highest BCUT2D eigenvalue weighted by Gasteiger charge is 2.27. The van der Waals surface area contributed by atoms with Crippen molar-refractivity contribution in [2.75, 3.05) is 0 Å². The molecule has 0 N–H and O–H groups in total. The molecule has 0 spiro atoms. The van der Waals surface area contributed by atoms with Crippen LogP contribution in [0.5, 0.6) is 0 Å². The molecular weight excluding hydrogens is 326 g/mol. The van der Waals surface area contributed by atoms with Gasteiger partial charge in [0.25, 0.3) is 0 Å². The summed E-state index contributed by atoms with van der Waals surface area (Å²) in [4.78, 5) is 4.62. The van der Waals surface area contributed by atoms with Crippen molar-refractivity contribution < 1.29 is 0 Å². The molecule has 2 aromatic rings. The van der Waals surface area contributed by atoms with Gasteiger partial charge in [0.1, 0.15) is 0 Å². The molecule has 27 heavy (non-hydrogen) atoms. The largest absolute Gasteiger partial charge is 0.256 e. The molecule has 144 valence electrons. The lowest BCUT2D eigenvalue weighted by atomic mass is 9.71. The Morgan fingerprint density at radius 2 is 1.89 bits per heavy atom. The third-order valence-corrected chi connectivity index (χ3v) is 6.41.